The van der Waals surface area contributed by atoms with E-state index in [1.165, 1.54) is 24.6 Å². The van der Waals surface area contributed by atoms with Crippen LogP contribution in [0.5, 0.6) is 0 Å². The SMILES string of the molecule is O=C1Nc2cccc(F)c2/C1=C\Nc1ccc(N2CCCC2)cc1. The van der Waals surface area contributed by atoms with E-state index < -0.39 is 5.82 Å². The molecule has 1 saturated heterocycles. The fourth-order valence-corrected chi connectivity index (χ4v) is 3.24. The van der Waals surface area contributed by atoms with Crippen molar-refractivity contribution in [1.82, 2.24) is 0 Å². The first-order valence-electron chi connectivity index (χ1n) is 8.14. The summed E-state index contributed by atoms with van der Waals surface area (Å²) < 4.78 is 14.0. The van der Waals surface area contributed by atoms with Gasteiger partial charge in [-0.15, -0.1) is 0 Å². The fourth-order valence-electron chi connectivity index (χ4n) is 3.24. The third kappa shape index (κ3) is 2.62. The van der Waals surface area contributed by atoms with Gasteiger partial charge in [-0.3, -0.25) is 4.79 Å². The molecule has 2 heterocycles. The maximum Gasteiger partial charge on any atom is 0.257 e. The zero-order chi connectivity index (χ0) is 16.5. The Balaban J connectivity index is 1.54. The molecule has 0 aliphatic carbocycles. The first-order valence-corrected chi connectivity index (χ1v) is 8.14. The molecule has 2 aromatic carbocycles. The molecule has 122 valence electrons. The predicted molar refractivity (Wildman–Crippen MR) is 94.5 cm³/mol. The summed E-state index contributed by atoms with van der Waals surface area (Å²) in [6.45, 7) is 2.21. The van der Waals surface area contributed by atoms with E-state index in [9.17, 15) is 9.18 Å². The highest BCUT2D eigenvalue weighted by molar-refractivity contribution is 6.31. The molecule has 2 aromatic rings. The summed E-state index contributed by atoms with van der Waals surface area (Å²) in [6, 6.07) is 12.7. The summed E-state index contributed by atoms with van der Waals surface area (Å²) in [5.41, 5.74) is 3.22. The van der Waals surface area contributed by atoms with Gasteiger partial charge in [-0.05, 0) is 49.2 Å². The maximum atomic E-state index is 14.0. The molecule has 0 bridgehead atoms. The van der Waals surface area contributed by atoms with Crippen LogP contribution in [0.2, 0.25) is 0 Å². The van der Waals surface area contributed by atoms with E-state index in [2.05, 4.69) is 27.7 Å². The largest absolute Gasteiger partial charge is 0.372 e. The van der Waals surface area contributed by atoms with Crippen molar-refractivity contribution in [1.29, 1.82) is 0 Å². The summed E-state index contributed by atoms with van der Waals surface area (Å²) in [4.78, 5) is 14.4. The van der Waals surface area contributed by atoms with Gasteiger partial charge >= 0.3 is 0 Å². The van der Waals surface area contributed by atoms with Gasteiger partial charge in [0.15, 0.2) is 0 Å². The van der Waals surface area contributed by atoms with Crippen LogP contribution in [0.15, 0.2) is 48.7 Å². The molecule has 24 heavy (non-hydrogen) atoms. The molecular formula is C19H18FN3O. The third-order valence-corrected chi connectivity index (χ3v) is 4.50. The second-order valence-electron chi connectivity index (χ2n) is 6.06. The van der Waals surface area contributed by atoms with Crippen LogP contribution in [-0.4, -0.2) is 19.0 Å². The minimum atomic E-state index is -0.400. The number of benzene rings is 2. The Morgan fingerprint density at radius 2 is 1.83 bits per heavy atom. The summed E-state index contributed by atoms with van der Waals surface area (Å²) in [7, 11) is 0. The minimum absolute atomic E-state index is 0.295. The molecule has 0 atom stereocenters. The number of anilines is 3. The number of hydrogen-bond donors (Lipinski definition) is 2. The minimum Gasteiger partial charge on any atom is -0.372 e. The summed E-state index contributed by atoms with van der Waals surface area (Å²) in [5.74, 6) is -0.695. The van der Waals surface area contributed by atoms with Crippen molar-refractivity contribution in [2.45, 2.75) is 12.8 Å². The van der Waals surface area contributed by atoms with E-state index in [1.807, 2.05) is 12.1 Å². The van der Waals surface area contributed by atoms with Crippen LogP contribution < -0.4 is 15.5 Å². The molecule has 4 nitrogen and oxygen atoms in total. The fraction of sp³-hybridized carbons (Fsp3) is 0.211. The maximum absolute atomic E-state index is 14.0. The van der Waals surface area contributed by atoms with Crippen LogP contribution in [0.3, 0.4) is 0 Å². The summed E-state index contributed by atoms with van der Waals surface area (Å²) in [6.07, 6.45) is 4.05. The molecule has 2 aliphatic rings. The van der Waals surface area contributed by atoms with E-state index in [0.29, 0.717) is 16.8 Å². The standard InChI is InChI=1S/C19H18FN3O/c20-16-4-3-5-17-18(16)15(19(24)22-17)12-21-13-6-8-14(9-7-13)23-10-1-2-11-23/h3-9,12,21H,1-2,10-11H2,(H,22,24)/b15-12+. The van der Waals surface area contributed by atoms with Gasteiger partial charge in [0.1, 0.15) is 5.82 Å². The highest BCUT2D eigenvalue weighted by Gasteiger charge is 2.27. The zero-order valence-corrected chi connectivity index (χ0v) is 13.2. The van der Waals surface area contributed by atoms with Crippen LogP contribution in [0.4, 0.5) is 21.5 Å². The Bertz CT molecular complexity index is 808. The highest BCUT2D eigenvalue weighted by atomic mass is 19.1. The summed E-state index contributed by atoms with van der Waals surface area (Å²) in [5, 5.41) is 5.77. The van der Waals surface area contributed by atoms with Crippen LogP contribution in [-0.2, 0) is 4.79 Å². The third-order valence-electron chi connectivity index (χ3n) is 4.50. The van der Waals surface area contributed by atoms with Crippen LogP contribution in [0, 0.1) is 5.82 Å². The van der Waals surface area contributed by atoms with Gasteiger partial charge in [-0.2, -0.15) is 0 Å². The predicted octanol–water partition coefficient (Wildman–Crippen LogP) is 3.83. The lowest BCUT2D eigenvalue weighted by Gasteiger charge is -2.17. The molecule has 5 heteroatoms. The van der Waals surface area contributed by atoms with Crippen molar-refractivity contribution in [3.05, 3.63) is 60.0 Å². The monoisotopic (exact) mass is 323 g/mol. The van der Waals surface area contributed by atoms with Crippen molar-refractivity contribution < 1.29 is 9.18 Å². The molecule has 0 saturated carbocycles. The number of hydrogen-bond acceptors (Lipinski definition) is 3. The average Bonchev–Trinajstić information content (AvgIpc) is 3.22. The normalized spacial score (nSPS) is 18.0. The Kier molecular flexibility index (Phi) is 3.69. The molecular weight excluding hydrogens is 305 g/mol. The molecule has 0 unspecified atom stereocenters. The van der Waals surface area contributed by atoms with Crippen molar-refractivity contribution in [2.24, 2.45) is 0 Å². The van der Waals surface area contributed by atoms with Gasteiger partial charge in [0, 0.05) is 36.2 Å². The van der Waals surface area contributed by atoms with E-state index in [-0.39, 0.29) is 5.91 Å². The van der Waals surface area contributed by atoms with Crippen molar-refractivity contribution in [3.8, 4) is 0 Å². The number of fused-ring (bicyclic) bond motifs is 1. The lowest BCUT2D eigenvalue weighted by atomic mass is 10.1. The highest BCUT2D eigenvalue weighted by Crippen LogP contribution is 2.33. The number of amides is 1. The Morgan fingerprint density at radius 1 is 1.08 bits per heavy atom. The first-order chi connectivity index (χ1) is 11.7. The number of nitrogens with zero attached hydrogens (tertiary/aromatic N) is 1. The topological polar surface area (TPSA) is 44.4 Å². The van der Waals surface area contributed by atoms with Gasteiger partial charge in [0.2, 0.25) is 0 Å². The second kappa shape index (κ2) is 6.00. The number of halogens is 1. The molecule has 4 rings (SSSR count). The van der Waals surface area contributed by atoms with Gasteiger partial charge in [-0.1, -0.05) is 6.07 Å². The molecule has 2 N–H and O–H groups in total. The molecule has 1 fully saturated rings. The van der Waals surface area contributed by atoms with Gasteiger partial charge in [-0.25, -0.2) is 4.39 Å². The van der Waals surface area contributed by atoms with E-state index >= 15 is 0 Å². The Labute approximate surface area is 140 Å². The smallest absolute Gasteiger partial charge is 0.257 e. The van der Waals surface area contributed by atoms with Crippen LogP contribution >= 0.6 is 0 Å². The second-order valence-corrected chi connectivity index (χ2v) is 6.06. The molecule has 1 amide bonds. The van der Waals surface area contributed by atoms with Gasteiger partial charge in [0.25, 0.3) is 5.91 Å². The quantitative estimate of drug-likeness (QED) is 0.844. The molecule has 2 aliphatic heterocycles. The molecule has 0 aromatic heterocycles. The zero-order valence-electron chi connectivity index (χ0n) is 13.2. The van der Waals surface area contributed by atoms with Crippen LogP contribution in [0.1, 0.15) is 18.4 Å². The van der Waals surface area contributed by atoms with E-state index in [4.69, 9.17) is 0 Å². The number of carbonyl (C=O) groups excluding carboxylic acids is 1. The first kappa shape index (κ1) is 14.8. The number of rotatable bonds is 3. The Hall–Kier alpha value is -2.82. The van der Waals surface area contributed by atoms with Crippen molar-refractivity contribution in [2.75, 3.05) is 28.6 Å². The van der Waals surface area contributed by atoms with E-state index in [0.717, 1.165) is 18.8 Å². The average molecular weight is 323 g/mol. The molecule has 0 radical (unpaired) electrons. The molecule has 0 spiro atoms. The van der Waals surface area contributed by atoms with Crippen LogP contribution in [0.25, 0.3) is 5.57 Å². The number of nitrogens with one attached hydrogen (secondary N) is 2. The summed E-state index contributed by atoms with van der Waals surface area (Å²) >= 11 is 0. The lowest BCUT2D eigenvalue weighted by Crippen LogP contribution is -2.17. The van der Waals surface area contributed by atoms with Gasteiger partial charge < -0.3 is 15.5 Å². The van der Waals surface area contributed by atoms with E-state index in [1.54, 1.807) is 18.3 Å². The Morgan fingerprint density at radius 3 is 2.58 bits per heavy atom. The lowest BCUT2D eigenvalue weighted by molar-refractivity contribution is -0.110. The number of carbonyl (C=O) groups is 1. The van der Waals surface area contributed by atoms with Gasteiger partial charge in [0.05, 0.1) is 11.3 Å². The van der Waals surface area contributed by atoms with Crippen molar-refractivity contribution in [3.63, 3.8) is 0 Å². The van der Waals surface area contributed by atoms with Crippen molar-refractivity contribution >= 4 is 28.5 Å².